The van der Waals surface area contributed by atoms with Gasteiger partial charge in [-0.05, 0) is 19.3 Å². The van der Waals surface area contributed by atoms with Gasteiger partial charge in [0.2, 0.25) is 0 Å². The van der Waals surface area contributed by atoms with Crippen LogP contribution in [-0.2, 0) is 17.0 Å². The zero-order valence-electron chi connectivity index (χ0n) is 8.79. The summed E-state index contributed by atoms with van der Waals surface area (Å²) in [4.78, 5) is 4.30. The Morgan fingerprint density at radius 1 is 1.44 bits per heavy atom. The van der Waals surface area contributed by atoms with Crippen molar-refractivity contribution in [3.05, 3.63) is 16.1 Å². The predicted molar refractivity (Wildman–Crippen MR) is 61.4 cm³/mol. The van der Waals surface area contributed by atoms with Crippen molar-refractivity contribution in [3.8, 4) is 0 Å². The molecule has 0 saturated carbocycles. The minimum atomic E-state index is -2.37. The number of unbranched alkanes of at least 4 members (excludes halogenated alkanes) is 1. The maximum absolute atomic E-state index is 11.7. The topological polar surface area (TPSA) is 22.1 Å². The van der Waals surface area contributed by atoms with Crippen LogP contribution in [0, 0.1) is 0 Å². The van der Waals surface area contributed by atoms with Gasteiger partial charge < -0.3 is 4.74 Å². The van der Waals surface area contributed by atoms with Crippen LogP contribution in [0.5, 0.6) is 0 Å². The number of nitrogens with zero attached hydrogens (tertiary/aromatic N) is 1. The molecule has 1 aromatic rings. The number of aryl methyl sites for hydroxylation is 1. The van der Waals surface area contributed by atoms with Gasteiger partial charge in [0.15, 0.2) is 0 Å². The number of halogens is 3. The summed E-state index contributed by atoms with van der Waals surface area (Å²) >= 11 is 7.21. The van der Waals surface area contributed by atoms with Crippen molar-refractivity contribution in [3.63, 3.8) is 0 Å². The molecule has 0 aliphatic heterocycles. The largest absolute Gasteiger partial charge is 0.376 e. The van der Waals surface area contributed by atoms with Crippen LogP contribution in [0.15, 0.2) is 5.38 Å². The molecule has 0 unspecified atom stereocenters. The van der Waals surface area contributed by atoms with Crippen LogP contribution in [0.3, 0.4) is 0 Å². The van der Waals surface area contributed by atoms with E-state index < -0.39 is 13.0 Å². The lowest BCUT2D eigenvalue weighted by Gasteiger charge is -2.02. The molecule has 0 saturated heterocycles. The monoisotopic (exact) mass is 269 g/mol. The van der Waals surface area contributed by atoms with Crippen LogP contribution < -0.4 is 0 Å². The van der Waals surface area contributed by atoms with Gasteiger partial charge in [-0.2, -0.15) is 0 Å². The van der Waals surface area contributed by atoms with E-state index in [0.717, 1.165) is 30.0 Å². The van der Waals surface area contributed by atoms with Gasteiger partial charge in [0.25, 0.3) is 6.43 Å². The Kier molecular flexibility index (Phi) is 6.84. The highest BCUT2D eigenvalue weighted by atomic mass is 35.5. The Bertz CT molecular complexity index is 296. The van der Waals surface area contributed by atoms with E-state index in [4.69, 9.17) is 16.3 Å². The molecule has 6 heteroatoms. The van der Waals surface area contributed by atoms with Crippen LogP contribution >= 0.6 is 22.9 Å². The van der Waals surface area contributed by atoms with E-state index in [2.05, 4.69) is 4.98 Å². The zero-order valence-corrected chi connectivity index (χ0v) is 10.4. The molecule has 92 valence electrons. The molecule has 0 aromatic carbocycles. The van der Waals surface area contributed by atoms with Gasteiger partial charge >= 0.3 is 0 Å². The summed E-state index contributed by atoms with van der Waals surface area (Å²) in [6, 6.07) is 0. The van der Waals surface area contributed by atoms with Gasteiger partial charge in [-0.25, -0.2) is 13.8 Å². The summed E-state index contributed by atoms with van der Waals surface area (Å²) < 4.78 is 28.2. The molecule has 0 atom stereocenters. The second-order valence-corrected chi connectivity index (χ2v) is 4.50. The van der Waals surface area contributed by atoms with Crippen molar-refractivity contribution in [2.75, 3.05) is 13.2 Å². The third kappa shape index (κ3) is 5.72. The number of rotatable bonds is 8. The Labute approximate surface area is 103 Å². The van der Waals surface area contributed by atoms with Gasteiger partial charge in [0.1, 0.15) is 6.61 Å². The Balaban J connectivity index is 2.02. The van der Waals surface area contributed by atoms with Crippen LogP contribution in [-0.4, -0.2) is 24.6 Å². The van der Waals surface area contributed by atoms with E-state index in [9.17, 15) is 8.78 Å². The molecule has 1 aromatic heterocycles. The normalized spacial score (nSPS) is 11.2. The lowest BCUT2D eigenvalue weighted by Crippen LogP contribution is -2.05. The molecule has 0 radical (unpaired) electrons. The minimum Gasteiger partial charge on any atom is -0.376 e. The van der Waals surface area contributed by atoms with E-state index in [-0.39, 0.29) is 0 Å². The Morgan fingerprint density at radius 2 is 2.25 bits per heavy atom. The zero-order chi connectivity index (χ0) is 11.8. The number of hydrogen-bond donors (Lipinski definition) is 0. The van der Waals surface area contributed by atoms with E-state index in [0.29, 0.717) is 12.5 Å². The molecule has 1 heterocycles. The van der Waals surface area contributed by atoms with Gasteiger partial charge in [-0.1, -0.05) is 0 Å². The molecule has 0 aliphatic carbocycles. The van der Waals surface area contributed by atoms with Gasteiger partial charge in [0.05, 0.1) is 16.6 Å². The highest BCUT2D eigenvalue weighted by Crippen LogP contribution is 2.14. The van der Waals surface area contributed by atoms with Crippen molar-refractivity contribution in [1.29, 1.82) is 0 Å². The fraction of sp³-hybridized carbons (Fsp3) is 0.700. The van der Waals surface area contributed by atoms with Crippen molar-refractivity contribution < 1.29 is 13.5 Å². The number of ether oxygens (including phenoxy) is 1. The molecule has 0 aliphatic rings. The fourth-order valence-corrected chi connectivity index (χ4v) is 2.25. The lowest BCUT2D eigenvalue weighted by molar-refractivity contribution is 0.0163. The van der Waals surface area contributed by atoms with Crippen molar-refractivity contribution in [2.45, 2.75) is 31.6 Å². The summed E-state index contributed by atoms with van der Waals surface area (Å²) in [5.41, 5.74) is 0.899. The second-order valence-electron chi connectivity index (χ2n) is 3.29. The molecule has 16 heavy (non-hydrogen) atoms. The van der Waals surface area contributed by atoms with Crippen LogP contribution in [0.2, 0.25) is 0 Å². The maximum Gasteiger partial charge on any atom is 0.261 e. The highest BCUT2D eigenvalue weighted by Gasteiger charge is 2.02. The Morgan fingerprint density at radius 3 is 2.88 bits per heavy atom. The molecular formula is C10H14ClF2NOS. The summed E-state index contributed by atoms with van der Waals surface area (Å²) in [6.45, 7) is -0.0777. The van der Waals surface area contributed by atoms with E-state index >= 15 is 0 Å². The molecule has 0 N–H and O–H groups in total. The van der Waals surface area contributed by atoms with Gasteiger partial charge in [-0.3, -0.25) is 0 Å². The number of alkyl halides is 3. The third-order valence-electron chi connectivity index (χ3n) is 1.91. The number of aromatic nitrogens is 1. The molecule has 1 rings (SSSR count). The van der Waals surface area contributed by atoms with Gasteiger partial charge in [0, 0.05) is 12.0 Å². The summed E-state index contributed by atoms with van der Waals surface area (Å²) in [5.74, 6) is 0.438. The minimum absolute atomic E-state index is 0.387. The molecule has 0 amide bonds. The fourth-order valence-electron chi connectivity index (χ4n) is 1.18. The van der Waals surface area contributed by atoms with Gasteiger partial charge in [-0.15, -0.1) is 22.9 Å². The van der Waals surface area contributed by atoms with E-state index in [1.54, 1.807) is 11.3 Å². The predicted octanol–water partition coefficient (Wildman–Crippen LogP) is 3.49. The van der Waals surface area contributed by atoms with Crippen LogP contribution in [0.4, 0.5) is 8.78 Å². The van der Waals surface area contributed by atoms with Crippen molar-refractivity contribution in [2.24, 2.45) is 0 Å². The SMILES string of the molecule is FC(F)COCCCCc1nc(CCl)cs1. The summed E-state index contributed by atoms with van der Waals surface area (Å²) in [7, 11) is 0. The Hall–Kier alpha value is -0.260. The maximum atomic E-state index is 11.7. The van der Waals surface area contributed by atoms with E-state index in [1.807, 2.05) is 5.38 Å². The van der Waals surface area contributed by atoms with Crippen molar-refractivity contribution >= 4 is 22.9 Å². The standard InChI is InChI=1S/C10H14ClF2NOS/c11-5-8-7-16-10(14-8)3-1-2-4-15-6-9(12)13/h7,9H,1-6H2. The number of thiazole rings is 1. The first-order valence-electron chi connectivity index (χ1n) is 5.07. The molecule has 2 nitrogen and oxygen atoms in total. The lowest BCUT2D eigenvalue weighted by atomic mass is 10.2. The van der Waals surface area contributed by atoms with Crippen LogP contribution in [0.25, 0.3) is 0 Å². The molecule has 0 fully saturated rings. The van der Waals surface area contributed by atoms with E-state index in [1.165, 1.54) is 0 Å². The first-order valence-corrected chi connectivity index (χ1v) is 6.49. The first-order chi connectivity index (χ1) is 7.72. The first kappa shape index (κ1) is 13.8. The molecular weight excluding hydrogens is 256 g/mol. The summed E-state index contributed by atoms with van der Waals surface area (Å²) in [5, 5.41) is 2.99. The van der Waals surface area contributed by atoms with Crippen LogP contribution in [0.1, 0.15) is 23.5 Å². The second kappa shape index (κ2) is 7.92. The number of hydrogen-bond acceptors (Lipinski definition) is 3. The third-order valence-corrected chi connectivity index (χ3v) is 3.14. The average molecular weight is 270 g/mol. The quantitative estimate of drug-likeness (QED) is 0.532. The average Bonchev–Trinajstić information content (AvgIpc) is 2.70. The smallest absolute Gasteiger partial charge is 0.261 e. The summed E-state index contributed by atoms with van der Waals surface area (Å²) in [6.07, 6.45) is 0.172. The molecule has 0 bridgehead atoms. The molecule has 0 spiro atoms. The van der Waals surface area contributed by atoms with Crippen molar-refractivity contribution in [1.82, 2.24) is 4.98 Å². The highest BCUT2D eigenvalue weighted by molar-refractivity contribution is 7.09.